The van der Waals surface area contributed by atoms with Crippen molar-refractivity contribution in [3.05, 3.63) is 38.9 Å². The molecular formula is C16H19ClN2O5. The highest BCUT2D eigenvalue weighted by atomic mass is 35.5. The highest BCUT2D eigenvalue weighted by molar-refractivity contribution is 6.32. The first kappa shape index (κ1) is 18.2. The maximum Gasteiger partial charge on any atom is 0.338 e. The molecule has 7 nitrogen and oxygen atoms in total. The molecule has 0 spiro atoms. The zero-order valence-electron chi connectivity index (χ0n) is 13.5. The number of amides is 1. The summed E-state index contributed by atoms with van der Waals surface area (Å²) in [6.45, 7) is 5.07. The molecule has 8 heteroatoms. The molecule has 1 aromatic carbocycles. The number of nitro benzene ring substituents is 1. The Bertz CT molecular complexity index is 654. The number of carbonyl (C=O) groups is 2. The van der Waals surface area contributed by atoms with Crippen molar-refractivity contribution in [3.8, 4) is 0 Å². The molecule has 1 fully saturated rings. The van der Waals surface area contributed by atoms with E-state index in [1.54, 1.807) is 4.90 Å². The third-order valence-corrected chi connectivity index (χ3v) is 4.25. The first-order chi connectivity index (χ1) is 11.3. The minimum absolute atomic E-state index is 0.0146. The fraction of sp³-hybridized carbons (Fsp3) is 0.500. The van der Waals surface area contributed by atoms with Gasteiger partial charge in [0.15, 0.2) is 6.61 Å². The number of benzene rings is 1. The summed E-state index contributed by atoms with van der Waals surface area (Å²) in [6, 6.07) is 3.62. The fourth-order valence-corrected chi connectivity index (χ4v) is 3.13. The largest absolute Gasteiger partial charge is 0.452 e. The average Bonchev–Trinajstić information content (AvgIpc) is 2.51. The fourth-order valence-electron chi connectivity index (χ4n) is 2.95. The number of carbonyl (C=O) groups excluding carboxylic acids is 2. The van der Waals surface area contributed by atoms with E-state index < -0.39 is 10.9 Å². The summed E-state index contributed by atoms with van der Waals surface area (Å²) >= 11 is 5.70. The SMILES string of the molecule is C[C@@H]1C[C@@H](C)CN(C(=O)COC(=O)c2ccc(Cl)c([N+](=O)[O-])c2)C1. The molecule has 1 amide bonds. The van der Waals surface area contributed by atoms with Crippen molar-refractivity contribution >= 4 is 29.2 Å². The quantitative estimate of drug-likeness (QED) is 0.471. The molecule has 0 aromatic heterocycles. The van der Waals surface area contributed by atoms with E-state index in [9.17, 15) is 19.7 Å². The molecule has 1 aromatic rings. The molecule has 1 saturated heterocycles. The lowest BCUT2D eigenvalue weighted by atomic mass is 9.92. The Morgan fingerprint density at radius 1 is 1.33 bits per heavy atom. The number of rotatable bonds is 4. The van der Waals surface area contributed by atoms with Crippen molar-refractivity contribution in [1.82, 2.24) is 4.90 Å². The summed E-state index contributed by atoms with van der Waals surface area (Å²) < 4.78 is 4.99. The molecule has 0 unspecified atom stereocenters. The van der Waals surface area contributed by atoms with E-state index in [1.807, 2.05) is 0 Å². The van der Waals surface area contributed by atoms with Gasteiger partial charge in [0.25, 0.3) is 11.6 Å². The van der Waals surface area contributed by atoms with E-state index in [0.717, 1.165) is 12.5 Å². The predicted molar refractivity (Wildman–Crippen MR) is 87.9 cm³/mol. The topological polar surface area (TPSA) is 89.8 Å². The zero-order chi connectivity index (χ0) is 17.9. The van der Waals surface area contributed by atoms with E-state index in [4.69, 9.17) is 16.3 Å². The van der Waals surface area contributed by atoms with E-state index in [0.29, 0.717) is 24.9 Å². The summed E-state index contributed by atoms with van der Waals surface area (Å²) in [4.78, 5) is 36.0. The van der Waals surface area contributed by atoms with Crippen molar-refractivity contribution in [2.75, 3.05) is 19.7 Å². The lowest BCUT2D eigenvalue weighted by molar-refractivity contribution is -0.384. The van der Waals surface area contributed by atoms with Gasteiger partial charge in [0, 0.05) is 19.2 Å². The first-order valence-electron chi connectivity index (χ1n) is 7.66. The molecule has 2 atom stereocenters. The smallest absolute Gasteiger partial charge is 0.338 e. The van der Waals surface area contributed by atoms with Gasteiger partial charge in [0.2, 0.25) is 0 Å². The van der Waals surface area contributed by atoms with Crippen LogP contribution in [0.3, 0.4) is 0 Å². The van der Waals surface area contributed by atoms with Crippen LogP contribution in [-0.4, -0.2) is 41.4 Å². The lowest BCUT2D eigenvalue weighted by Crippen LogP contribution is -2.44. The molecule has 130 valence electrons. The van der Waals surface area contributed by atoms with E-state index in [2.05, 4.69) is 13.8 Å². The van der Waals surface area contributed by atoms with Crippen molar-refractivity contribution in [3.63, 3.8) is 0 Å². The van der Waals surface area contributed by atoms with Crippen LogP contribution in [0.25, 0.3) is 0 Å². The number of halogens is 1. The van der Waals surface area contributed by atoms with Crippen LogP contribution in [0.4, 0.5) is 5.69 Å². The third-order valence-electron chi connectivity index (χ3n) is 3.93. The second kappa shape index (κ2) is 7.61. The van der Waals surface area contributed by atoms with Gasteiger partial charge in [-0.3, -0.25) is 14.9 Å². The molecule has 1 aliphatic heterocycles. The van der Waals surface area contributed by atoms with Crippen LogP contribution < -0.4 is 0 Å². The minimum Gasteiger partial charge on any atom is -0.452 e. The Morgan fingerprint density at radius 3 is 2.54 bits per heavy atom. The van der Waals surface area contributed by atoms with Gasteiger partial charge < -0.3 is 9.64 Å². The number of hydrogen-bond donors (Lipinski definition) is 0. The molecule has 0 radical (unpaired) electrons. The van der Waals surface area contributed by atoms with E-state index in [-0.39, 0.29) is 28.8 Å². The van der Waals surface area contributed by atoms with Crippen LogP contribution in [0.15, 0.2) is 18.2 Å². The Morgan fingerprint density at radius 2 is 1.96 bits per heavy atom. The molecule has 1 heterocycles. The third kappa shape index (κ3) is 4.44. The van der Waals surface area contributed by atoms with Crippen LogP contribution in [0.1, 0.15) is 30.6 Å². The standard InChI is InChI=1S/C16H19ClN2O5/c1-10-5-11(2)8-18(7-10)15(20)9-24-16(21)12-3-4-13(17)14(6-12)19(22)23/h3-4,6,10-11H,5,7-9H2,1-2H3/t10-,11-/m1/s1. The second-order valence-electron chi connectivity index (χ2n) is 6.24. The van der Waals surface area contributed by atoms with Crippen LogP contribution >= 0.6 is 11.6 Å². The van der Waals surface area contributed by atoms with E-state index >= 15 is 0 Å². The summed E-state index contributed by atoms with van der Waals surface area (Å²) in [6.07, 6.45) is 1.07. The normalized spacial score (nSPS) is 20.5. The van der Waals surface area contributed by atoms with Gasteiger partial charge in [-0.1, -0.05) is 25.4 Å². The Hall–Kier alpha value is -2.15. The van der Waals surface area contributed by atoms with Gasteiger partial charge in [-0.2, -0.15) is 0 Å². The number of esters is 1. The molecule has 24 heavy (non-hydrogen) atoms. The van der Waals surface area contributed by atoms with Crippen LogP contribution in [0.5, 0.6) is 0 Å². The summed E-state index contributed by atoms with van der Waals surface area (Å²) in [5.41, 5.74) is -0.393. The molecule has 0 bridgehead atoms. The molecule has 0 saturated carbocycles. The molecule has 2 rings (SSSR count). The summed E-state index contributed by atoms with van der Waals surface area (Å²) in [7, 11) is 0. The van der Waals surface area contributed by atoms with Crippen molar-refractivity contribution in [2.45, 2.75) is 20.3 Å². The van der Waals surface area contributed by atoms with Gasteiger partial charge in [-0.15, -0.1) is 0 Å². The van der Waals surface area contributed by atoms with Crippen LogP contribution in [-0.2, 0) is 9.53 Å². The second-order valence-corrected chi connectivity index (χ2v) is 6.65. The van der Waals surface area contributed by atoms with Crippen molar-refractivity contribution < 1.29 is 19.2 Å². The van der Waals surface area contributed by atoms with Gasteiger partial charge in [0.1, 0.15) is 5.02 Å². The highest BCUT2D eigenvalue weighted by Gasteiger charge is 2.26. The van der Waals surface area contributed by atoms with Crippen LogP contribution in [0, 0.1) is 22.0 Å². The first-order valence-corrected chi connectivity index (χ1v) is 8.04. The number of nitrogens with zero attached hydrogens (tertiary/aromatic N) is 2. The number of hydrogen-bond acceptors (Lipinski definition) is 5. The number of piperidine rings is 1. The van der Waals surface area contributed by atoms with Gasteiger partial charge in [-0.25, -0.2) is 4.79 Å². The molecule has 0 aliphatic carbocycles. The average molecular weight is 355 g/mol. The van der Waals surface area contributed by atoms with E-state index in [1.165, 1.54) is 12.1 Å². The van der Waals surface area contributed by atoms with Crippen molar-refractivity contribution in [1.29, 1.82) is 0 Å². The monoisotopic (exact) mass is 354 g/mol. The maximum absolute atomic E-state index is 12.2. The maximum atomic E-state index is 12.2. The number of ether oxygens (including phenoxy) is 1. The number of nitro groups is 1. The zero-order valence-corrected chi connectivity index (χ0v) is 14.3. The van der Waals surface area contributed by atoms with Crippen LogP contribution in [0.2, 0.25) is 5.02 Å². The molecule has 1 aliphatic rings. The van der Waals surface area contributed by atoms with Crippen molar-refractivity contribution in [2.24, 2.45) is 11.8 Å². The van der Waals surface area contributed by atoms with Gasteiger partial charge in [0.05, 0.1) is 10.5 Å². The lowest BCUT2D eigenvalue weighted by Gasteiger charge is -2.34. The minimum atomic E-state index is -0.791. The predicted octanol–water partition coefficient (Wildman–Crippen LogP) is 2.91. The molecular weight excluding hydrogens is 336 g/mol. The van der Waals surface area contributed by atoms with Gasteiger partial charge >= 0.3 is 5.97 Å². The van der Waals surface area contributed by atoms with Gasteiger partial charge in [-0.05, 0) is 30.4 Å². The summed E-state index contributed by atoms with van der Waals surface area (Å²) in [5.74, 6) is -0.230. The number of likely N-dealkylation sites (tertiary alicyclic amines) is 1. The Kier molecular flexibility index (Phi) is 5.77. The summed E-state index contributed by atoms with van der Waals surface area (Å²) in [5, 5.41) is 10.8. The highest BCUT2D eigenvalue weighted by Crippen LogP contribution is 2.25. The Balaban J connectivity index is 1.96. The Labute approximate surface area is 144 Å². The molecule has 0 N–H and O–H groups in total.